The number of Topliss-reactive ketones (excluding diaryl/α,β-unsaturated/α-hetero) is 1. The number of nitrogens with zero attached hydrogens (tertiary/aromatic N) is 1. The molecular weight excluding hydrogens is 542 g/mol. The van der Waals surface area contributed by atoms with Crippen molar-refractivity contribution in [2.24, 2.45) is 28.6 Å². The second-order valence-corrected chi connectivity index (χ2v) is 11.6. The molecule has 3 saturated carbocycles. The zero-order chi connectivity index (χ0) is 30.0. The van der Waals surface area contributed by atoms with Crippen molar-refractivity contribution in [3.8, 4) is 0 Å². The predicted molar refractivity (Wildman–Crippen MR) is 139 cm³/mol. The number of aliphatic hydroxyl groups is 1. The molecule has 1 N–H and O–H groups in total. The van der Waals surface area contributed by atoms with Crippen LogP contribution in [0, 0.1) is 38.7 Å². The molecule has 13 nitrogen and oxygen atoms in total. The molecular formula is C28H37NO12. The maximum atomic E-state index is 13.8. The van der Waals surface area contributed by atoms with E-state index in [9.17, 15) is 34.4 Å². The number of ether oxygens (including phenoxy) is 4. The standard InChI is InChI=1S/C28H37NO12/c1-4-38-25(34)41-28(22(32)15-39-23(33)16-37-11-12-40-29(35)36)10-8-20-19-6-5-17-13-18(30)7-9-26(17,2)24(19)21(31)14-27(20,28)3/h7,9,13,19-21,24,31H,4-6,8,10-12,14-16H2,1-3H3/t19?,20?,21-,24?,26-,27-,28-/m0/s1. The quantitative estimate of drug-likeness (QED) is 0.164. The fourth-order valence-electron chi connectivity index (χ4n) is 7.92. The van der Waals surface area contributed by atoms with Crippen molar-refractivity contribution in [3.63, 3.8) is 0 Å². The largest absolute Gasteiger partial charge is 0.509 e. The number of aliphatic hydroxyl groups excluding tert-OH is 1. The zero-order valence-electron chi connectivity index (χ0n) is 23.5. The number of esters is 1. The molecule has 0 bridgehead atoms. The van der Waals surface area contributed by atoms with Gasteiger partial charge in [-0.1, -0.05) is 25.5 Å². The van der Waals surface area contributed by atoms with Gasteiger partial charge in [0.15, 0.2) is 18.0 Å². The Kier molecular flexibility index (Phi) is 8.88. The van der Waals surface area contributed by atoms with Crippen molar-refractivity contribution in [3.05, 3.63) is 33.9 Å². The van der Waals surface area contributed by atoms with Crippen LogP contribution in [-0.4, -0.2) is 78.6 Å². The van der Waals surface area contributed by atoms with Gasteiger partial charge in [0.25, 0.3) is 5.09 Å². The van der Waals surface area contributed by atoms with Gasteiger partial charge in [-0.25, -0.2) is 9.59 Å². The Labute approximate surface area is 237 Å². The second-order valence-electron chi connectivity index (χ2n) is 11.6. The first-order valence-corrected chi connectivity index (χ1v) is 13.9. The maximum Gasteiger partial charge on any atom is 0.509 e. The van der Waals surface area contributed by atoms with Crippen LogP contribution < -0.4 is 0 Å². The van der Waals surface area contributed by atoms with Crippen molar-refractivity contribution in [2.45, 2.75) is 64.6 Å². The molecule has 4 aliphatic carbocycles. The van der Waals surface area contributed by atoms with E-state index in [1.807, 2.05) is 19.9 Å². The van der Waals surface area contributed by atoms with Gasteiger partial charge in [0.05, 0.1) is 19.3 Å². The van der Waals surface area contributed by atoms with Crippen molar-refractivity contribution >= 4 is 23.7 Å². The highest BCUT2D eigenvalue weighted by molar-refractivity contribution is 6.01. The Hall–Kier alpha value is -3.32. The molecule has 0 amide bonds. The Morgan fingerprint density at radius 2 is 1.90 bits per heavy atom. The lowest BCUT2D eigenvalue weighted by Gasteiger charge is -2.59. The fourth-order valence-corrected chi connectivity index (χ4v) is 7.92. The highest BCUT2D eigenvalue weighted by Gasteiger charge is 2.70. The summed E-state index contributed by atoms with van der Waals surface area (Å²) >= 11 is 0. The Morgan fingerprint density at radius 1 is 1.15 bits per heavy atom. The molecule has 3 unspecified atom stereocenters. The molecule has 0 spiro atoms. The van der Waals surface area contributed by atoms with E-state index in [2.05, 4.69) is 4.84 Å². The van der Waals surface area contributed by atoms with Crippen LogP contribution in [0.25, 0.3) is 0 Å². The highest BCUT2D eigenvalue weighted by Crippen LogP contribution is 2.68. The number of allylic oxidation sites excluding steroid dienone is 4. The Balaban J connectivity index is 1.54. The average Bonchev–Trinajstić information content (AvgIpc) is 3.19. The van der Waals surface area contributed by atoms with Crippen LogP contribution in [0.15, 0.2) is 23.8 Å². The third kappa shape index (κ3) is 5.61. The number of rotatable bonds is 11. The molecule has 0 aromatic carbocycles. The lowest BCUT2D eigenvalue weighted by atomic mass is 9.46. The van der Waals surface area contributed by atoms with Crippen LogP contribution in [0.2, 0.25) is 0 Å². The van der Waals surface area contributed by atoms with Crippen molar-refractivity contribution < 1.29 is 53.2 Å². The minimum Gasteiger partial charge on any atom is -0.456 e. The van der Waals surface area contributed by atoms with Crippen molar-refractivity contribution in [2.75, 3.05) is 33.0 Å². The van der Waals surface area contributed by atoms with Crippen LogP contribution in [0.1, 0.15) is 52.9 Å². The third-order valence-corrected chi connectivity index (χ3v) is 9.59. The summed E-state index contributed by atoms with van der Waals surface area (Å²) in [4.78, 5) is 65.0. The SMILES string of the molecule is CCOC(=O)O[C@]1(C(=O)COC(=O)COCCO[N+](=O)[O-])CCC2C3CCC4=CC(=O)C=C[C@]4(C)C3[C@@H](O)C[C@@]21C. The van der Waals surface area contributed by atoms with Gasteiger partial charge in [-0.3, -0.25) is 9.59 Å². The number of fused-ring (bicyclic) bond motifs is 5. The summed E-state index contributed by atoms with van der Waals surface area (Å²) in [5.74, 6) is -1.87. The molecule has 41 heavy (non-hydrogen) atoms. The Bertz CT molecular complexity index is 1150. The minimum atomic E-state index is -1.70. The van der Waals surface area contributed by atoms with E-state index in [4.69, 9.17) is 18.9 Å². The van der Waals surface area contributed by atoms with Gasteiger partial charge >= 0.3 is 12.1 Å². The topological polar surface area (TPSA) is 178 Å². The monoisotopic (exact) mass is 579 g/mol. The first kappa shape index (κ1) is 30.6. The molecule has 13 heteroatoms. The predicted octanol–water partition coefficient (Wildman–Crippen LogP) is 2.51. The zero-order valence-corrected chi connectivity index (χ0v) is 23.5. The van der Waals surface area contributed by atoms with Gasteiger partial charge in [0, 0.05) is 16.7 Å². The average molecular weight is 580 g/mol. The van der Waals surface area contributed by atoms with Gasteiger partial charge in [0.1, 0.15) is 13.2 Å². The summed E-state index contributed by atoms with van der Waals surface area (Å²) < 4.78 is 21.0. The lowest BCUT2D eigenvalue weighted by Crippen LogP contribution is -2.63. The smallest absolute Gasteiger partial charge is 0.456 e. The van der Waals surface area contributed by atoms with E-state index in [0.29, 0.717) is 19.3 Å². The second kappa shape index (κ2) is 11.9. The van der Waals surface area contributed by atoms with E-state index < -0.39 is 58.7 Å². The molecule has 0 aromatic rings. The summed E-state index contributed by atoms with van der Waals surface area (Å²) in [5.41, 5.74) is -2.19. The molecule has 4 aliphatic rings. The molecule has 0 heterocycles. The summed E-state index contributed by atoms with van der Waals surface area (Å²) in [5, 5.41) is 20.8. The van der Waals surface area contributed by atoms with Gasteiger partial charge in [-0.05, 0) is 63.0 Å². The van der Waals surface area contributed by atoms with E-state index in [-0.39, 0.29) is 56.2 Å². The van der Waals surface area contributed by atoms with E-state index in [0.717, 1.165) is 5.57 Å². The molecule has 4 rings (SSSR count). The lowest BCUT2D eigenvalue weighted by molar-refractivity contribution is -0.758. The normalized spacial score (nSPS) is 35.3. The fraction of sp³-hybridized carbons (Fsp3) is 0.714. The van der Waals surface area contributed by atoms with Gasteiger partial charge < -0.3 is 28.9 Å². The minimum absolute atomic E-state index is 0.0124. The number of carbonyl (C=O) groups excluding carboxylic acids is 4. The van der Waals surface area contributed by atoms with Gasteiger partial charge in [-0.2, -0.15) is 0 Å². The molecule has 0 saturated heterocycles. The molecule has 0 aliphatic heterocycles. The molecule has 0 aromatic heterocycles. The maximum absolute atomic E-state index is 13.8. The summed E-state index contributed by atoms with van der Waals surface area (Å²) in [6.45, 7) is 3.65. The van der Waals surface area contributed by atoms with Crippen LogP contribution in [0.4, 0.5) is 4.79 Å². The van der Waals surface area contributed by atoms with E-state index in [1.165, 1.54) is 0 Å². The molecule has 7 atom stereocenters. The first-order valence-electron chi connectivity index (χ1n) is 13.9. The molecule has 0 radical (unpaired) electrons. The summed E-state index contributed by atoms with van der Waals surface area (Å²) in [7, 11) is 0. The number of hydrogen-bond acceptors (Lipinski definition) is 12. The van der Waals surface area contributed by atoms with Gasteiger partial charge in [0.2, 0.25) is 5.78 Å². The van der Waals surface area contributed by atoms with Crippen molar-refractivity contribution in [1.82, 2.24) is 0 Å². The summed E-state index contributed by atoms with van der Waals surface area (Å²) in [6, 6.07) is 0. The van der Waals surface area contributed by atoms with Crippen LogP contribution >= 0.6 is 0 Å². The van der Waals surface area contributed by atoms with Crippen LogP contribution in [0.3, 0.4) is 0 Å². The van der Waals surface area contributed by atoms with Crippen molar-refractivity contribution in [1.29, 1.82) is 0 Å². The van der Waals surface area contributed by atoms with Crippen LogP contribution in [-0.2, 0) is 38.2 Å². The number of hydrogen-bond donors (Lipinski definition) is 1. The van der Waals surface area contributed by atoms with Gasteiger partial charge in [-0.15, -0.1) is 10.1 Å². The molecule has 3 fully saturated rings. The number of ketones is 2. The third-order valence-electron chi connectivity index (χ3n) is 9.59. The Morgan fingerprint density at radius 3 is 2.61 bits per heavy atom. The van der Waals surface area contributed by atoms with Crippen LogP contribution in [0.5, 0.6) is 0 Å². The highest BCUT2D eigenvalue weighted by atomic mass is 17.0. The summed E-state index contributed by atoms with van der Waals surface area (Å²) in [6.07, 6.45) is 5.47. The number of carbonyl (C=O) groups is 4. The van der Waals surface area contributed by atoms with E-state index >= 15 is 0 Å². The molecule has 226 valence electrons. The van der Waals surface area contributed by atoms with E-state index in [1.54, 1.807) is 19.1 Å². The first-order chi connectivity index (χ1) is 19.4.